The molecule has 1 amide bonds. The third-order valence-corrected chi connectivity index (χ3v) is 2.46. The van der Waals surface area contributed by atoms with Crippen molar-refractivity contribution in [2.45, 2.75) is 26.1 Å². The Morgan fingerprint density at radius 3 is 2.94 bits per heavy atom. The van der Waals surface area contributed by atoms with Crippen molar-refractivity contribution in [3.63, 3.8) is 0 Å². The number of nitrogens with one attached hydrogen (secondary N) is 1. The minimum absolute atomic E-state index is 0.0274. The van der Waals surface area contributed by atoms with Crippen LogP contribution in [-0.2, 0) is 14.3 Å². The lowest BCUT2D eigenvalue weighted by atomic mass is 10.2. The summed E-state index contributed by atoms with van der Waals surface area (Å²) >= 11 is 0. The molecule has 5 nitrogen and oxygen atoms in total. The number of carbonyl (C=O) groups is 1. The Morgan fingerprint density at radius 1 is 1.62 bits per heavy atom. The quantitative estimate of drug-likeness (QED) is 0.714. The maximum atomic E-state index is 11.9. The highest BCUT2D eigenvalue weighted by Crippen LogP contribution is 2.01. The topological polar surface area (TPSA) is 50.8 Å². The van der Waals surface area contributed by atoms with Gasteiger partial charge in [-0.05, 0) is 13.8 Å². The zero-order chi connectivity index (χ0) is 12.0. The number of rotatable bonds is 5. The van der Waals surface area contributed by atoms with Crippen LogP contribution in [-0.4, -0.2) is 62.9 Å². The van der Waals surface area contributed by atoms with Crippen molar-refractivity contribution in [1.29, 1.82) is 0 Å². The molecule has 0 spiro atoms. The lowest BCUT2D eigenvalue weighted by Crippen LogP contribution is -2.49. The summed E-state index contributed by atoms with van der Waals surface area (Å²) in [6, 6.07) is 0. The Hall–Kier alpha value is -0.650. The van der Waals surface area contributed by atoms with Crippen LogP contribution >= 0.6 is 0 Å². The summed E-state index contributed by atoms with van der Waals surface area (Å²) in [7, 11) is 1.78. The minimum atomic E-state index is -0.335. The molecule has 1 atom stereocenters. The van der Waals surface area contributed by atoms with Crippen molar-refractivity contribution in [3.05, 3.63) is 0 Å². The first-order valence-electron chi connectivity index (χ1n) is 5.80. The van der Waals surface area contributed by atoms with E-state index in [-0.39, 0.29) is 18.1 Å². The molecular weight excluding hydrogens is 208 g/mol. The third-order valence-electron chi connectivity index (χ3n) is 2.46. The van der Waals surface area contributed by atoms with Crippen LogP contribution in [0.3, 0.4) is 0 Å². The van der Waals surface area contributed by atoms with E-state index in [9.17, 15) is 4.79 Å². The van der Waals surface area contributed by atoms with Gasteiger partial charge in [0.2, 0.25) is 0 Å². The first-order valence-corrected chi connectivity index (χ1v) is 5.80. The maximum absolute atomic E-state index is 11.9. The second-order valence-corrected chi connectivity index (χ2v) is 4.24. The van der Waals surface area contributed by atoms with Gasteiger partial charge in [0.25, 0.3) is 5.91 Å². The highest BCUT2D eigenvalue weighted by atomic mass is 16.5. The lowest BCUT2D eigenvalue weighted by Gasteiger charge is -2.27. The summed E-state index contributed by atoms with van der Waals surface area (Å²) < 4.78 is 10.8. The molecule has 94 valence electrons. The van der Waals surface area contributed by atoms with Crippen LogP contribution in [0.2, 0.25) is 0 Å². The Kier molecular flexibility index (Phi) is 5.73. The maximum Gasteiger partial charge on any atom is 0.252 e. The highest BCUT2D eigenvalue weighted by molar-refractivity contribution is 5.81. The molecule has 0 bridgehead atoms. The first kappa shape index (κ1) is 13.4. The van der Waals surface area contributed by atoms with E-state index in [2.05, 4.69) is 5.32 Å². The Labute approximate surface area is 97.1 Å². The molecule has 1 fully saturated rings. The van der Waals surface area contributed by atoms with Crippen LogP contribution in [0.5, 0.6) is 0 Å². The van der Waals surface area contributed by atoms with Gasteiger partial charge in [0.1, 0.15) is 6.10 Å². The van der Waals surface area contributed by atoms with Crippen molar-refractivity contribution in [1.82, 2.24) is 10.2 Å². The SMILES string of the molecule is CC(C)OCCN(C)C(=O)C1CNCCO1. The molecule has 1 heterocycles. The fourth-order valence-electron chi connectivity index (χ4n) is 1.51. The molecule has 0 aromatic heterocycles. The van der Waals surface area contributed by atoms with Gasteiger partial charge in [-0.3, -0.25) is 4.79 Å². The standard InChI is InChI=1S/C11H22N2O3/c1-9(2)15-7-5-13(3)11(14)10-8-12-4-6-16-10/h9-10,12H,4-8H2,1-3H3. The van der Waals surface area contributed by atoms with Crippen molar-refractivity contribution < 1.29 is 14.3 Å². The monoisotopic (exact) mass is 230 g/mol. The van der Waals surface area contributed by atoms with Crippen LogP contribution in [0, 0.1) is 0 Å². The first-order chi connectivity index (χ1) is 7.61. The molecule has 16 heavy (non-hydrogen) atoms. The molecule has 1 N–H and O–H groups in total. The van der Waals surface area contributed by atoms with E-state index in [1.165, 1.54) is 0 Å². The van der Waals surface area contributed by atoms with Gasteiger partial charge in [-0.15, -0.1) is 0 Å². The minimum Gasteiger partial charge on any atom is -0.377 e. The molecular formula is C11H22N2O3. The normalized spacial score (nSPS) is 21.1. The number of likely N-dealkylation sites (N-methyl/N-ethyl adjacent to an activating group) is 1. The largest absolute Gasteiger partial charge is 0.377 e. The summed E-state index contributed by atoms with van der Waals surface area (Å²) in [5, 5.41) is 3.14. The van der Waals surface area contributed by atoms with Gasteiger partial charge in [0, 0.05) is 26.7 Å². The zero-order valence-corrected chi connectivity index (χ0v) is 10.4. The van der Waals surface area contributed by atoms with Crippen LogP contribution in [0.1, 0.15) is 13.8 Å². The van der Waals surface area contributed by atoms with E-state index in [0.717, 1.165) is 6.54 Å². The van der Waals surface area contributed by atoms with Crippen molar-refractivity contribution >= 4 is 5.91 Å². The second kappa shape index (κ2) is 6.83. The van der Waals surface area contributed by atoms with Gasteiger partial charge in [-0.25, -0.2) is 0 Å². The molecule has 0 aliphatic carbocycles. The Balaban J connectivity index is 2.23. The average Bonchev–Trinajstić information content (AvgIpc) is 2.28. The summed E-state index contributed by atoms with van der Waals surface area (Å²) in [4.78, 5) is 13.5. The van der Waals surface area contributed by atoms with E-state index in [0.29, 0.717) is 26.3 Å². The molecule has 0 radical (unpaired) electrons. The van der Waals surface area contributed by atoms with Gasteiger partial charge < -0.3 is 19.7 Å². The number of carbonyl (C=O) groups excluding carboxylic acids is 1. The van der Waals surface area contributed by atoms with Crippen LogP contribution in [0.4, 0.5) is 0 Å². The summed E-state index contributed by atoms with van der Waals surface area (Å²) in [5.74, 6) is 0.0274. The lowest BCUT2D eigenvalue weighted by molar-refractivity contribution is -0.144. The molecule has 0 aromatic rings. The Morgan fingerprint density at radius 2 is 2.38 bits per heavy atom. The van der Waals surface area contributed by atoms with E-state index in [1.807, 2.05) is 13.8 Å². The van der Waals surface area contributed by atoms with Gasteiger partial charge in [0.15, 0.2) is 0 Å². The number of amides is 1. The number of ether oxygens (including phenoxy) is 2. The van der Waals surface area contributed by atoms with Crippen molar-refractivity contribution in [2.24, 2.45) is 0 Å². The summed E-state index contributed by atoms with van der Waals surface area (Å²) in [6.07, 6.45) is -0.131. The van der Waals surface area contributed by atoms with Gasteiger partial charge in [0.05, 0.1) is 19.3 Å². The molecule has 1 saturated heterocycles. The number of morpholine rings is 1. The average molecular weight is 230 g/mol. The highest BCUT2D eigenvalue weighted by Gasteiger charge is 2.24. The molecule has 0 aromatic carbocycles. The van der Waals surface area contributed by atoms with E-state index >= 15 is 0 Å². The van der Waals surface area contributed by atoms with E-state index in [1.54, 1.807) is 11.9 Å². The molecule has 1 rings (SSSR count). The predicted octanol–water partition coefficient (Wildman–Crippen LogP) is -0.142. The summed E-state index contributed by atoms with van der Waals surface area (Å²) in [6.45, 7) is 7.17. The van der Waals surface area contributed by atoms with Crippen LogP contribution in [0.25, 0.3) is 0 Å². The predicted molar refractivity (Wildman–Crippen MR) is 61.3 cm³/mol. The fourth-order valence-corrected chi connectivity index (χ4v) is 1.51. The molecule has 1 aliphatic rings. The molecule has 1 aliphatic heterocycles. The third kappa shape index (κ3) is 4.47. The fraction of sp³-hybridized carbons (Fsp3) is 0.909. The Bertz CT molecular complexity index is 215. The second-order valence-electron chi connectivity index (χ2n) is 4.24. The van der Waals surface area contributed by atoms with Gasteiger partial charge in [-0.2, -0.15) is 0 Å². The van der Waals surface area contributed by atoms with Crippen molar-refractivity contribution in [3.8, 4) is 0 Å². The van der Waals surface area contributed by atoms with Gasteiger partial charge in [-0.1, -0.05) is 0 Å². The molecule has 1 unspecified atom stereocenters. The summed E-state index contributed by atoms with van der Waals surface area (Å²) in [5.41, 5.74) is 0. The van der Waals surface area contributed by atoms with Crippen LogP contribution < -0.4 is 5.32 Å². The number of hydrogen-bond donors (Lipinski definition) is 1. The molecule has 0 saturated carbocycles. The van der Waals surface area contributed by atoms with E-state index in [4.69, 9.17) is 9.47 Å². The number of hydrogen-bond acceptors (Lipinski definition) is 4. The van der Waals surface area contributed by atoms with Crippen LogP contribution in [0.15, 0.2) is 0 Å². The zero-order valence-electron chi connectivity index (χ0n) is 10.4. The van der Waals surface area contributed by atoms with Gasteiger partial charge >= 0.3 is 0 Å². The number of nitrogens with zero attached hydrogens (tertiary/aromatic N) is 1. The van der Waals surface area contributed by atoms with Crippen molar-refractivity contribution in [2.75, 3.05) is 39.9 Å². The van der Waals surface area contributed by atoms with E-state index < -0.39 is 0 Å². The smallest absolute Gasteiger partial charge is 0.252 e. The molecule has 5 heteroatoms.